The molecule has 0 aromatic rings. The molecule has 2 nitrogen and oxygen atoms in total. The first kappa shape index (κ1) is 13.4. The Morgan fingerprint density at radius 2 is 1.71 bits per heavy atom. The lowest BCUT2D eigenvalue weighted by Gasteiger charge is -2.37. The first-order valence-corrected chi connectivity index (χ1v) is 7.81. The normalized spacial score (nSPS) is 31.2. The van der Waals surface area contributed by atoms with Gasteiger partial charge in [0.15, 0.2) is 0 Å². The van der Waals surface area contributed by atoms with Crippen LogP contribution < -0.4 is 5.73 Å². The van der Waals surface area contributed by atoms with Crippen molar-refractivity contribution in [3.63, 3.8) is 0 Å². The van der Waals surface area contributed by atoms with Crippen LogP contribution in [0.5, 0.6) is 0 Å². The number of nitrogens with zero attached hydrogens (tertiary/aromatic N) is 1. The van der Waals surface area contributed by atoms with Crippen LogP contribution >= 0.6 is 0 Å². The molecule has 2 aliphatic carbocycles. The lowest BCUT2D eigenvalue weighted by Crippen LogP contribution is -2.49. The summed E-state index contributed by atoms with van der Waals surface area (Å²) >= 11 is 0. The maximum Gasteiger partial charge on any atom is 0.0247 e. The van der Waals surface area contributed by atoms with E-state index in [4.69, 9.17) is 5.73 Å². The molecule has 2 N–H and O–H groups in total. The molecule has 2 fully saturated rings. The van der Waals surface area contributed by atoms with Crippen LogP contribution in [0.2, 0.25) is 0 Å². The van der Waals surface area contributed by atoms with Gasteiger partial charge >= 0.3 is 0 Å². The van der Waals surface area contributed by atoms with E-state index in [0.717, 1.165) is 5.92 Å². The smallest absolute Gasteiger partial charge is 0.0247 e. The Hall–Kier alpha value is -0.0800. The van der Waals surface area contributed by atoms with E-state index in [2.05, 4.69) is 11.8 Å². The molecule has 100 valence electrons. The molecule has 0 heterocycles. The molecular weight excluding hydrogens is 208 g/mol. The van der Waals surface area contributed by atoms with Crippen molar-refractivity contribution in [1.29, 1.82) is 0 Å². The highest BCUT2D eigenvalue weighted by molar-refractivity contribution is 4.87. The molecule has 2 rings (SSSR count). The number of rotatable bonds is 5. The standard InChI is InChI=1S/C15H30N2/c1-2-11-17(12-13-9-10-13)15-8-6-4-3-5-7-14(15)16/h13-15H,2-12,16H2,1H3. The Kier molecular flexibility index (Phi) is 5.30. The topological polar surface area (TPSA) is 29.3 Å². The minimum Gasteiger partial charge on any atom is -0.326 e. The highest BCUT2D eigenvalue weighted by atomic mass is 15.2. The minimum absolute atomic E-state index is 0.431. The van der Waals surface area contributed by atoms with Crippen LogP contribution in [0.1, 0.15) is 64.7 Å². The van der Waals surface area contributed by atoms with Gasteiger partial charge in [-0.05, 0) is 44.6 Å². The molecule has 0 aromatic heterocycles. The molecule has 2 atom stereocenters. The summed E-state index contributed by atoms with van der Waals surface area (Å²) in [7, 11) is 0. The Bertz CT molecular complexity index is 213. The molecule has 0 saturated heterocycles. The first-order valence-electron chi connectivity index (χ1n) is 7.81. The highest BCUT2D eigenvalue weighted by Crippen LogP contribution is 2.32. The van der Waals surface area contributed by atoms with Gasteiger partial charge in [-0.2, -0.15) is 0 Å². The van der Waals surface area contributed by atoms with Crippen molar-refractivity contribution < 1.29 is 0 Å². The van der Waals surface area contributed by atoms with E-state index >= 15 is 0 Å². The second-order valence-electron chi connectivity index (χ2n) is 6.16. The average molecular weight is 238 g/mol. The van der Waals surface area contributed by atoms with Crippen molar-refractivity contribution in [3.8, 4) is 0 Å². The minimum atomic E-state index is 0.431. The molecule has 0 spiro atoms. The lowest BCUT2D eigenvalue weighted by molar-refractivity contribution is 0.142. The van der Waals surface area contributed by atoms with Crippen molar-refractivity contribution in [3.05, 3.63) is 0 Å². The summed E-state index contributed by atoms with van der Waals surface area (Å²) in [5.74, 6) is 0.999. The van der Waals surface area contributed by atoms with Crippen LogP contribution in [0.15, 0.2) is 0 Å². The monoisotopic (exact) mass is 238 g/mol. The summed E-state index contributed by atoms with van der Waals surface area (Å²) < 4.78 is 0. The molecule has 2 unspecified atom stereocenters. The van der Waals surface area contributed by atoms with Crippen molar-refractivity contribution >= 4 is 0 Å². The zero-order valence-electron chi connectivity index (χ0n) is 11.5. The molecular formula is C15H30N2. The molecule has 2 saturated carbocycles. The summed E-state index contributed by atoms with van der Waals surface area (Å²) in [5, 5.41) is 0. The SMILES string of the molecule is CCCN(CC1CC1)C1CCCCCCC1N. The van der Waals surface area contributed by atoms with Gasteiger partial charge in [0.2, 0.25) is 0 Å². The van der Waals surface area contributed by atoms with E-state index in [-0.39, 0.29) is 0 Å². The summed E-state index contributed by atoms with van der Waals surface area (Å²) in [6.07, 6.45) is 12.3. The molecule has 0 amide bonds. The fourth-order valence-corrected chi connectivity index (χ4v) is 3.26. The van der Waals surface area contributed by atoms with Gasteiger partial charge in [-0.25, -0.2) is 0 Å². The van der Waals surface area contributed by atoms with E-state index < -0.39 is 0 Å². The fourth-order valence-electron chi connectivity index (χ4n) is 3.26. The van der Waals surface area contributed by atoms with Crippen LogP contribution in [0, 0.1) is 5.92 Å². The number of hydrogen-bond donors (Lipinski definition) is 1. The quantitative estimate of drug-likeness (QED) is 0.797. The van der Waals surface area contributed by atoms with Gasteiger partial charge < -0.3 is 5.73 Å². The third-order valence-electron chi connectivity index (χ3n) is 4.45. The second-order valence-corrected chi connectivity index (χ2v) is 6.16. The van der Waals surface area contributed by atoms with Crippen molar-refractivity contribution in [2.24, 2.45) is 11.7 Å². The maximum atomic E-state index is 6.43. The van der Waals surface area contributed by atoms with Crippen LogP contribution in [0.25, 0.3) is 0 Å². The van der Waals surface area contributed by atoms with Gasteiger partial charge in [0.05, 0.1) is 0 Å². The zero-order valence-corrected chi connectivity index (χ0v) is 11.5. The van der Waals surface area contributed by atoms with E-state index in [0.29, 0.717) is 12.1 Å². The third-order valence-corrected chi connectivity index (χ3v) is 4.45. The molecule has 2 heteroatoms. The summed E-state index contributed by atoms with van der Waals surface area (Å²) in [4.78, 5) is 2.73. The van der Waals surface area contributed by atoms with Crippen molar-refractivity contribution in [2.45, 2.75) is 76.8 Å². The van der Waals surface area contributed by atoms with Gasteiger partial charge in [0, 0.05) is 18.6 Å². The maximum absolute atomic E-state index is 6.43. The number of nitrogens with two attached hydrogens (primary N) is 1. The second kappa shape index (κ2) is 6.75. The van der Waals surface area contributed by atoms with E-state index in [1.165, 1.54) is 70.9 Å². The highest BCUT2D eigenvalue weighted by Gasteiger charge is 2.30. The third kappa shape index (κ3) is 4.26. The van der Waals surface area contributed by atoms with Crippen LogP contribution in [-0.2, 0) is 0 Å². The van der Waals surface area contributed by atoms with Gasteiger partial charge in [0.25, 0.3) is 0 Å². The predicted molar refractivity (Wildman–Crippen MR) is 74.1 cm³/mol. The number of hydrogen-bond acceptors (Lipinski definition) is 2. The molecule has 0 aromatic carbocycles. The van der Waals surface area contributed by atoms with Gasteiger partial charge in [-0.1, -0.05) is 32.6 Å². The summed E-state index contributed by atoms with van der Waals surface area (Å²) in [6, 6.07) is 1.11. The molecule has 0 bridgehead atoms. The Morgan fingerprint density at radius 3 is 2.35 bits per heavy atom. The van der Waals surface area contributed by atoms with Crippen molar-refractivity contribution in [2.75, 3.05) is 13.1 Å². The molecule has 17 heavy (non-hydrogen) atoms. The summed E-state index contributed by atoms with van der Waals surface area (Å²) in [5.41, 5.74) is 6.43. The first-order chi connectivity index (χ1) is 8.31. The largest absolute Gasteiger partial charge is 0.326 e. The molecule has 0 radical (unpaired) electrons. The predicted octanol–water partition coefficient (Wildman–Crippen LogP) is 3.16. The lowest BCUT2D eigenvalue weighted by atomic mass is 9.91. The van der Waals surface area contributed by atoms with Crippen LogP contribution in [-0.4, -0.2) is 30.1 Å². The Labute approximate surface area is 107 Å². The van der Waals surface area contributed by atoms with E-state index in [9.17, 15) is 0 Å². The Balaban J connectivity index is 1.91. The van der Waals surface area contributed by atoms with Gasteiger partial charge in [0.1, 0.15) is 0 Å². The molecule has 2 aliphatic rings. The van der Waals surface area contributed by atoms with Gasteiger partial charge in [-0.15, -0.1) is 0 Å². The van der Waals surface area contributed by atoms with E-state index in [1.54, 1.807) is 0 Å². The van der Waals surface area contributed by atoms with Crippen LogP contribution in [0.3, 0.4) is 0 Å². The average Bonchev–Trinajstić information content (AvgIpc) is 3.08. The summed E-state index contributed by atoms with van der Waals surface area (Å²) in [6.45, 7) is 4.88. The van der Waals surface area contributed by atoms with Crippen molar-refractivity contribution in [1.82, 2.24) is 4.90 Å². The Morgan fingerprint density at radius 1 is 1.00 bits per heavy atom. The van der Waals surface area contributed by atoms with Gasteiger partial charge in [-0.3, -0.25) is 4.90 Å². The van der Waals surface area contributed by atoms with E-state index in [1.807, 2.05) is 0 Å². The fraction of sp³-hybridized carbons (Fsp3) is 1.00. The zero-order chi connectivity index (χ0) is 12.1. The van der Waals surface area contributed by atoms with Crippen LogP contribution in [0.4, 0.5) is 0 Å². The molecule has 0 aliphatic heterocycles.